The molecule has 3 atom stereocenters. The quantitative estimate of drug-likeness (QED) is 0.493. The molecule has 5 heteroatoms. The summed E-state index contributed by atoms with van der Waals surface area (Å²) in [6, 6.07) is 6.75. The molecule has 1 aromatic heterocycles. The Morgan fingerprint density at radius 3 is 2.72 bits per heavy atom. The first-order chi connectivity index (χ1) is 15.4. The van der Waals surface area contributed by atoms with Gasteiger partial charge in [0.2, 0.25) is 0 Å². The van der Waals surface area contributed by atoms with Crippen molar-refractivity contribution in [2.24, 2.45) is 23.7 Å². The largest absolute Gasteiger partial charge is 0.342 e. The normalized spacial score (nSPS) is 24.5. The Morgan fingerprint density at radius 2 is 1.97 bits per heavy atom. The number of allylic oxidation sites excluding steroid dienone is 1. The minimum atomic E-state index is 0.00477. The Labute approximate surface area is 192 Å². The molecular formula is C27H40N4O. The Morgan fingerprint density at radius 1 is 1.19 bits per heavy atom. The van der Waals surface area contributed by atoms with E-state index in [4.69, 9.17) is 4.98 Å². The second-order valence-electron chi connectivity index (χ2n) is 10.5. The number of H-pyrrole nitrogens is 1. The standard InChI is InChI=1S/C27H40N4O/c1-17(2)23-14-20(15-26-30-24-11-10-18(3)12-25(24)31-26)19(4)13-21(23)16-28-27(32)29-22-8-6-5-7-9-22/h10-13,17,20-23H,5-9,14-16H2,1-4H3,(H,30,31)(H2,28,29,32)/t20-,21-,23-/m0/s1. The number of rotatable bonds is 6. The van der Waals surface area contributed by atoms with Crippen LogP contribution in [0.2, 0.25) is 0 Å². The van der Waals surface area contributed by atoms with Crippen molar-refractivity contribution >= 4 is 17.1 Å². The van der Waals surface area contributed by atoms with Gasteiger partial charge in [0.1, 0.15) is 5.82 Å². The van der Waals surface area contributed by atoms with Crippen molar-refractivity contribution in [3.63, 3.8) is 0 Å². The van der Waals surface area contributed by atoms with Crippen LogP contribution in [0.4, 0.5) is 4.79 Å². The van der Waals surface area contributed by atoms with E-state index in [9.17, 15) is 4.79 Å². The Kier molecular flexibility index (Phi) is 7.22. The molecule has 2 amide bonds. The molecule has 0 spiro atoms. The third kappa shape index (κ3) is 5.54. The molecule has 1 heterocycles. The number of urea groups is 1. The van der Waals surface area contributed by atoms with Crippen LogP contribution in [0.15, 0.2) is 29.8 Å². The smallest absolute Gasteiger partial charge is 0.315 e. The van der Waals surface area contributed by atoms with Gasteiger partial charge in [-0.15, -0.1) is 0 Å². The molecule has 0 radical (unpaired) electrons. The average Bonchev–Trinajstić information content (AvgIpc) is 3.15. The molecule has 2 aromatic rings. The van der Waals surface area contributed by atoms with Gasteiger partial charge in [0.05, 0.1) is 11.0 Å². The number of hydrogen-bond donors (Lipinski definition) is 3. The maximum atomic E-state index is 12.5. The van der Waals surface area contributed by atoms with Gasteiger partial charge in [0, 0.05) is 19.0 Å². The number of aryl methyl sites for hydroxylation is 1. The first-order valence-corrected chi connectivity index (χ1v) is 12.6. The third-order valence-electron chi connectivity index (χ3n) is 7.65. The van der Waals surface area contributed by atoms with E-state index in [-0.39, 0.29) is 6.03 Å². The van der Waals surface area contributed by atoms with E-state index in [1.807, 2.05) is 0 Å². The highest BCUT2D eigenvalue weighted by molar-refractivity contribution is 5.76. The summed E-state index contributed by atoms with van der Waals surface area (Å²) in [6.45, 7) is 9.72. The second kappa shape index (κ2) is 10.1. The summed E-state index contributed by atoms with van der Waals surface area (Å²) in [5, 5.41) is 6.37. The van der Waals surface area contributed by atoms with Crippen LogP contribution in [0, 0.1) is 30.6 Å². The molecule has 174 valence electrons. The lowest BCUT2D eigenvalue weighted by molar-refractivity contribution is 0.210. The molecule has 0 unspecified atom stereocenters. The molecule has 5 nitrogen and oxygen atoms in total. The van der Waals surface area contributed by atoms with Gasteiger partial charge >= 0.3 is 6.03 Å². The summed E-state index contributed by atoms with van der Waals surface area (Å²) in [5.41, 5.74) is 4.86. The fourth-order valence-corrected chi connectivity index (χ4v) is 5.71. The molecule has 3 N–H and O–H groups in total. The van der Waals surface area contributed by atoms with Gasteiger partial charge in [-0.2, -0.15) is 0 Å². The van der Waals surface area contributed by atoms with Crippen LogP contribution in [-0.2, 0) is 6.42 Å². The third-order valence-corrected chi connectivity index (χ3v) is 7.65. The van der Waals surface area contributed by atoms with Crippen molar-refractivity contribution in [1.29, 1.82) is 0 Å². The summed E-state index contributed by atoms with van der Waals surface area (Å²) in [4.78, 5) is 20.8. The number of carbonyl (C=O) groups excluding carboxylic acids is 1. The number of benzene rings is 1. The van der Waals surface area contributed by atoms with Crippen molar-refractivity contribution in [2.75, 3.05) is 6.54 Å². The van der Waals surface area contributed by atoms with Crippen LogP contribution in [-0.4, -0.2) is 28.6 Å². The fraction of sp³-hybridized carbons (Fsp3) is 0.630. The fourth-order valence-electron chi connectivity index (χ4n) is 5.71. The Balaban J connectivity index is 1.39. The summed E-state index contributed by atoms with van der Waals surface area (Å²) in [6.07, 6.45) is 10.5. The molecule has 2 aliphatic carbocycles. The highest BCUT2D eigenvalue weighted by atomic mass is 16.2. The molecular weight excluding hydrogens is 396 g/mol. The number of aromatic amines is 1. The Bertz CT molecular complexity index is 954. The number of nitrogens with zero attached hydrogens (tertiary/aromatic N) is 1. The van der Waals surface area contributed by atoms with E-state index < -0.39 is 0 Å². The van der Waals surface area contributed by atoms with E-state index in [0.29, 0.717) is 29.7 Å². The number of aromatic nitrogens is 2. The van der Waals surface area contributed by atoms with E-state index in [0.717, 1.165) is 49.1 Å². The molecule has 2 aliphatic rings. The zero-order valence-electron chi connectivity index (χ0n) is 20.2. The molecule has 0 saturated heterocycles. The highest BCUT2D eigenvalue weighted by Crippen LogP contribution is 2.38. The summed E-state index contributed by atoms with van der Waals surface area (Å²) in [5.74, 6) is 3.10. The van der Waals surface area contributed by atoms with Gasteiger partial charge in [-0.25, -0.2) is 9.78 Å². The summed E-state index contributed by atoms with van der Waals surface area (Å²) in [7, 11) is 0. The molecule has 0 aliphatic heterocycles. The van der Waals surface area contributed by atoms with Crippen LogP contribution in [0.1, 0.15) is 70.7 Å². The zero-order chi connectivity index (χ0) is 22.7. The van der Waals surface area contributed by atoms with E-state index in [1.54, 1.807) is 0 Å². The van der Waals surface area contributed by atoms with Crippen molar-refractivity contribution in [3.05, 3.63) is 41.2 Å². The van der Waals surface area contributed by atoms with Crippen molar-refractivity contribution in [3.8, 4) is 0 Å². The van der Waals surface area contributed by atoms with Crippen LogP contribution >= 0.6 is 0 Å². The Hall–Kier alpha value is -2.30. The lowest BCUT2D eigenvalue weighted by Crippen LogP contribution is -2.45. The van der Waals surface area contributed by atoms with Gasteiger partial charge in [-0.1, -0.05) is 50.8 Å². The number of imidazole rings is 1. The number of fused-ring (bicyclic) bond motifs is 1. The van der Waals surface area contributed by atoms with Crippen LogP contribution in [0.25, 0.3) is 11.0 Å². The maximum absolute atomic E-state index is 12.5. The topological polar surface area (TPSA) is 69.8 Å². The predicted octanol–water partition coefficient (Wildman–Crippen LogP) is 5.90. The molecule has 1 fully saturated rings. The van der Waals surface area contributed by atoms with E-state index in [1.165, 1.54) is 30.4 Å². The number of nitrogens with one attached hydrogen (secondary N) is 3. The monoisotopic (exact) mass is 436 g/mol. The molecule has 32 heavy (non-hydrogen) atoms. The number of amides is 2. The molecule has 1 aromatic carbocycles. The molecule has 4 rings (SSSR count). The minimum absolute atomic E-state index is 0.00477. The van der Waals surface area contributed by atoms with Crippen LogP contribution in [0.5, 0.6) is 0 Å². The van der Waals surface area contributed by atoms with Crippen LogP contribution < -0.4 is 10.6 Å². The van der Waals surface area contributed by atoms with Gasteiger partial charge in [0.15, 0.2) is 0 Å². The van der Waals surface area contributed by atoms with E-state index in [2.05, 4.69) is 67.6 Å². The van der Waals surface area contributed by atoms with Crippen LogP contribution in [0.3, 0.4) is 0 Å². The van der Waals surface area contributed by atoms with Gasteiger partial charge in [-0.05, 0) is 74.5 Å². The maximum Gasteiger partial charge on any atom is 0.315 e. The summed E-state index contributed by atoms with van der Waals surface area (Å²) < 4.78 is 0. The zero-order valence-corrected chi connectivity index (χ0v) is 20.2. The number of carbonyl (C=O) groups is 1. The summed E-state index contributed by atoms with van der Waals surface area (Å²) >= 11 is 0. The van der Waals surface area contributed by atoms with Gasteiger partial charge < -0.3 is 15.6 Å². The SMILES string of the molecule is CC1=C[C@@H](CNC(=O)NC2CCCCC2)[C@H](C(C)C)C[C@H]1Cc1nc2ccc(C)cc2[nH]1. The second-order valence-corrected chi connectivity index (χ2v) is 10.5. The molecule has 0 bridgehead atoms. The minimum Gasteiger partial charge on any atom is -0.342 e. The predicted molar refractivity (Wildman–Crippen MR) is 132 cm³/mol. The first kappa shape index (κ1) is 22.9. The average molecular weight is 437 g/mol. The lowest BCUT2D eigenvalue weighted by atomic mass is 9.70. The van der Waals surface area contributed by atoms with Gasteiger partial charge in [-0.3, -0.25) is 0 Å². The van der Waals surface area contributed by atoms with E-state index >= 15 is 0 Å². The first-order valence-electron chi connectivity index (χ1n) is 12.6. The van der Waals surface area contributed by atoms with Gasteiger partial charge in [0.25, 0.3) is 0 Å². The molecule has 1 saturated carbocycles. The van der Waals surface area contributed by atoms with Crippen molar-refractivity contribution in [2.45, 2.75) is 78.7 Å². The van der Waals surface area contributed by atoms with Crippen molar-refractivity contribution in [1.82, 2.24) is 20.6 Å². The lowest BCUT2D eigenvalue weighted by Gasteiger charge is -2.37. The highest BCUT2D eigenvalue weighted by Gasteiger charge is 2.32. The number of hydrogen-bond acceptors (Lipinski definition) is 2. The van der Waals surface area contributed by atoms with Crippen molar-refractivity contribution < 1.29 is 4.79 Å².